The third-order valence-electron chi connectivity index (χ3n) is 4.37. The fourth-order valence-corrected chi connectivity index (χ4v) is 3.10. The highest BCUT2D eigenvalue weighted by Crippen LogP contribution is 2.27. The molecule has 1 aromatic rings. The highest BCUT2D eigenvalue weighted by Gasteiger charge is 2.28. The molecule has 1 saturated heterocycles. The molecule has 6 heteroatoms. The van der Waals surface area contributed by atoms with E-state index in [4.69, 9.17) is 14.2 Å². The molecule has 2 rings (SSSR count). The first-order chi connectivity index (χ1) is 12.0. The van der Waals surface area contributed by atoms with Gasteiger partial charge in [-0.3, -0.25) is 9.59 Å². The number of carbonyl (C=O) groups is 2. The summed E-state index contributed by atoms with van der Waals surface area (Å²) in [4.78, 5) is 23.5. The van der Waals surface area contributed by atoms with Crippen LogP contribution in [0.15, 0.2) is 12.1 Å². The second kappa shape index (κ2) is 9.53. The van der Waals surface area contributed by atoms with Crippen molar-refractivity contribution in [1.29, 1.82) is 0 Å². The number of carbonyl (C=O) groups excluding carboxylic acids is 2. The van der Waals surface area contributed by atoms with E-state index in [0.717, 1.165) is 5.56 Å². The van der Waals surface area contributed by atoms with Crippen LogP contribution >= 0.6 is 0 Å². The fraction of sp³-hybridized carbons (Fsp3) is 0.579. The van der Waals surface area contributed by atoms with Crippen molar-refractivity contribution < 1.29 is 28.9 Å². The maximum Gasteiger partial charge on any atom is 0.309 e. The number of benzene rings is 1. The molecule has 0 bridgehead atoms. The number of methoxy groups -OCH3 is 2. The first-order valence-electron chi connectivity index (χ1n) is 8.55. The van der Waals surface area contributed by atoms with Crippen LogP contribution in [0.3, 0.4) is 0 Å². The molecule has 1 aliphatic heterocycles. The summed E-state index contributed by atoms with van der Waals surface area (Å²) in [5, 5.41) is 10.2. The average molecular weight is 350 g/mol. The predicted octanol–water partition coefficient (Wildman–Crippen LogP) is 2.53. The van der Waals surface area contributed by atoms with E-state index in [-0.39, 0.29) is 29.8 Å². The molecule has 0 radical (unpaired) electrons. The smallest absolute Gasteiger partial charge is 0.309 e. The van der Waals surface area contributed by atoms with Crippen LogP contribution in [0.1, 0.15) is 42.4 Å². The van der Waals surface area contributed by atoms with E-state index in [0.29, 0.717) is 56.6 Å². The number of hydrogen-bond acceptors (Lipinski definition) is 6. The number of aromatic hydroxyl groups is 1. The minimum absolute atomic E-state index is 0.0943. The van der Waals surface area contributed by atoms with E-state index in [2.05, 4.69) is 0 Å². The van der Waals surface area contributed by atoms with Gasteiger partial charge in [-0.25, -0.2) is 0 Å². The Morgan fingerprint density at radius 3 is 2.40 bits per heavy atom. The van der Waals surface area contributed by atoms with Crippen molar-refractivity contribution >= 4 is 11.8 Å². The highest BCUT2D eigenvalue weighted by atomic mass is 16.5. The summed E-state index contributed by atoms with van der Waals surface area (Å²) in [7, 11) is 3.16. The first-order valence-corrected chi connectivity index (χ1v) is 8.55. The molecule has 1 atom stereocenters. The minimum atomic E-state index is -0.261. The van der Waals surface area contributed by atoms with Gasteiger partial charge < -0.3 is 19.3 Å². The topological polar surface area (TPSA) is 82.1 Å². The first kappa shape index (κ1) is 19.4. The second-order valence-corrected chi connectivity index (χ2v) is 6.38. The Kier molecular flexibility index (Phi) is 7.40. The lowest BCUT2D eigenvalue weighted by Crippen LogP contribution is -2.13. The van der Waals surface area contributed by atoms with Crippen LogP contribution in [0.4, 0.5) is 0 Å². The van der Waals surface area contributed by atoms with Gasteiger partial charge in [0.25, 0.3) is 0 Å². The van der Waals surface area contributed by atoms with Crippen LogP contribution in [-0.4, -0.2) is 37.7 Å². The molecule has 1 heterocycles. The molecule has 1 fully saturated rings. The van der Waals surface area contributed by atoms with Crippen LogP contribution in [0, 0.1) is 5.92 Å². The summed E-state index contributed by atoms with van der Waals surface area (Å²) in [5.41, 5.74) is 2.46. The van der Waals surface area contributed by atoms with Crippen LogP contribution < -0.4 is 0 Å². The number of cyclic esters (lactones) is 1. The largest absolute Gasteiger partial charge is 0.507 e. The zero-order valence-electron chi connectivity index (χ0n) is 14.9. The molecule has 1 aliphatic rings. The Balaban J connectivity index is 1.90. The maximum absolute atomic E-state index is 12.0. The zero-order chi connectivity index (χ0) is 18.2. The van der Waals surface area contributed by atoms with Gasteiger partial charge in [0.05, 0.1) is 25.7 Å². The Hall–Kier alpha value is -1.92. The summed E-state index contributed by atoms with van der Waals surface area (Å²) in [6, 6.07) is 3.80. The Morgan fingerprint density at radius 1 is 1.24 bits per heavy atom. The molecule has 0 aromatic heterocycles. The molecule has 0 saturated carbocycles. The van der Waals surface area contributed by atoms with E-state index in [1.54, 1.807) is 14.2 Å². The van der Waals surface area contributed by atoms with Gasteiger partial charge in [-0.2, -0.15) is 0 Å². The Labute approximate surface area is 148 Å². The molecule has 0 spiro atoms. The van der Waals surface area contributed by atoms with E-state index < -0.39 is 0 Å². The molecular weight excluding hydrogens is 324 g/mol. The second-order valence-electron chi connectivity index (χ2n) is 6.38. The standard InChI is InChI=1S/C19H26O6/c1-23-11-15-8-13(9-16(12-24-2)18(15)21)4-3-5-17(20)10-14-6-7-25-19(14)22/h8-9,14,21H,3-7,10-12H2,1-2H3. The zero-order valence-corrected chi connectivity index (χ0v) is 14.9. The number of hydrogen-bond donors (Lipinski definition) is 1. The lowest BCUT2D eigenvalue weighted by atomic mass is 9.96. The van der Waals surface area contributed by atoms with Gasteiger partial charge in [0, 0.05) is 38.2 Å². The summed E-state index contributed by atoms with van der Waals surface area (Å²) in [6.45, 7) is 1.06. The lowest BCUT2D eigenvalue weighted by molar-refractivity contribution is -0.142. The fourth-order valence-electron chi connectivity index (χ4n) is 3.10. The molecule has 138 valence electrons. The Bertz CT molecular complexity index is 583. The van der Waals surface area contributed by atoms with Crippen LogP contribution in [0.2, 0.25) is 0 Å². The van der Waals surface area contributed by atoms with E-state index in [1.807, 2.05) is 12.1 Å². The van der Waals surface area contributed by atoms with Crippen LogP contribution in [-0.2, 0) is 43.4 Å². The molecule has 1 unspecified atom stereocenters. The van der Waals surface area contributed by atoms with Crippen molar-refractivity contribution in [3.63, 3.8) is 0 Å². The molecular formula is C19H26O6. The highest BCUT2D eigenvalue weighted by molar-refractivity contribution is 5.85. The summed E-state index contributed by atoms with van der Waals surface area (Å²) in [6.07, 6.45) is 2.77. The summed E-state index contributed by atoms with van der Waals surface area (Å²) in [5.74, 6) is -0.219. The molecule has 0 aliphatic carbocycles. The molecule has 1 N–H and O–H groups in total. The summed E-state index contributed by atoms with van der Waals surface area (Å²) < 4.78 is 15.1. The molecule has 6 nitrogen and oxygen atoms in total. The van der Waals surface area contributed by atoms with Crippen molar-refractivity contribution in [2.45, 2.75) is 45.3 Å². The van der Waals surface area contributed by atoms with Crippen molar-refractivity contribution in [1.82, 2.24) is 0 Å². The van der Waals surface area contributed by atoms with Gasteiger partial charge in [-0.15, -0.1) is 0 Å². The van der Waals surface area contributed by atoms with Gasteiger partial charge in [0.2, 0.25) is 0 Å². The SMILES string of the molecule is COCc1cc(CCCC(=O)CC2CCOC2=O)cc(COC)c1O. The van der Waals surface area contributed by atoms with Gasteiger partial charge in [0.1, 0.15) is 11.5 Å². The van der Waals surface area contributed by atoms with E-state index in [9.17, 15) is 14.7 Å². The number of ether oxygens (including phenoxy) is 3. The minimum Gasteiger partial charge on any atom is -0.507 e. The summed E-state index contributed by atoms with van der Waals surface area (Å²) >= 11 is 0. The number of phenols is 1. The van der Waals surface area contributed by atoms with Gasteiger partial charge in [-0.05, 0) is 37.0 Å². The third kappa shape index (κ3) is 5.54. The lowest BCUT2D eigenvalue weighted by Gasteiger charge is -2.12. The van der Waals surface area contributed by atoms with E-state index in [1.165, 1.54) is 0 Å². The third-order valence-corrected chi connectivity index (χ3v) is 4.37. The monoisotopic (exact) mass is 350 g/mol. The van der Waals surface area contributed by atoms with Crippen molar-refractivity contribution in [3.05, 3.63) is 28.8 Å². The molecule has 0 amide bonds. The normalized spacial score (nSPS) is 16.9. The van der Waals surface area contributed by atoms with Gasteiger partial charge in [-0.1, -0.05) is 0 Å². The van der Waals surface area contributed by atoms with Gasteiger partial charge in [0.15, 0.2) is 0 Å². The number of rotatable bonds is 10. The Morgan fingerprint density at radius 2 is 1.88 bits per heavy atom. The molecule has 1 aromatic carbocycles. The maximum atomic E-state index is 12.0. The van der Waals surface area contributed by atoms with Crippen molar-refractivity contribution in [2.24, 2.45) is 5.92 Å². The number of esters is 1. The van der Waals surface area contributed by atoms with E-state index >= 15 is 0 Å². The van der Waals surface area contributed by atoms with Crippen molar-refractivity contribution in [3.8, 4) is 5.75 Å². The number of phenolic OH excluding ortho intramolecular Hbond substituents is 1. The number of ketones is 1. The number of aryl methyl sites for hydroxylation is 1. The quantitative estimate of drug-likeness (QED) is 0.653. The molecule has 25 heavy (non-hydrogen) atoms. The predicted molar refractivity (Wildman–Crippen MR) is 91.2 cm³/mol. The number of Topliss-reactive ketones (excluding diaryl/α,β-unsaturated/α-hetero) is 1. The van der Waals surface area contributed by atoms with Crippen LogP contribution in [0.5, 0.6) is 5.75 Å². The van der Waals surface area contributed by atoms with Crippen LogP contribution in [0.25, 0.3) is 0 Å². The average Bonchev–Trinajstić information content (AvgIpc) is 2.97. The van der Waals surface area contributed by atoms with Gasteiger partial charge >= 0.3 is 5.97 Å². The van der Waals surface area contributed by atoms with Crippen molar-refractivity contribution in [2.75, 3.05) is 20.8 Å².